The number of aromatic nitrogens is 3. The van der Waals surface area contributed by atoms with Gasteiger partial charge in [0.25, 0.3) is 0 Å². The first kappa shape index (κ1) is 29.8. The number of hydrogen-bond donors (Lipinski definition) is 0. The van der Waals surface area contributed by atoms with Crippen molar-refractivity contribution in [1.29, 1.82) is 0 Å². The molecule has 0 bridgehead atoms. The van der Waals surface area contributed by atoms with E-state index in [0.717, 1.165) is 58.3 Å². The minimum Gasteiger partial charge on any atom is -0.463 e. The van der Waals surface area contributed by atoms with E-state index >= 15 is 4.39 Å². The number of hydrogen-bond acceptors (Lipinski definition) is 7. The maximum atomic E-state index is 16.9. The second-order valence-corrected chi connectivity index (χ2v) is 12.7. The van der Waals surface area contributed by atoms with Crippen molar-refractivity contribution in [2.24, 2.45) is 5.41 Å². The zero-order valence-corrected chi connectivity index (χ0v) is 26.0. The maximum absolute atomic E-state index is 16.9. The van der Waals surface area contributed by atoms with Crippen LogP contribution in [-0.4, -0.2) is 71.9 Å². The zero-order chi connectivity index (χ0) is 31.1. The quantitative estimate of drug-likeness (QED) is 0.199. The van der Waals surface area contributed by atoms with Crippen molar-refractivity contribution < 1.29 is 18.3 Å². The molecule has 7 rings (SSSR count). The third-order valence-electron chi connectivity index (χ3n) is 9.65. The van der Waals surface area contributed by atoms with Crippen molar-refractivity contribution >= 4 is 27.5 Å². The van der Waals surface area contributed by atoms with Crippen LogP contribution in [0.15, 0.2) is 30.3 Å². The molecule has 7 nitrogen and oxygen atoms in total. The lowest BCUT2D eigenvalue weighted by Gasteiger charge is -2.29. The molecule has 1 saturated heterocycles. The van der Waals surface area contributed by atoms with E-state index in [0.29, 0.717) is 59.5 Å². The number of benzene rings is 2. The Balaban J connectivity index is 1.37. The minimum absolute atomic E-state index is 0.0579. The van der Waals surface area contributed by atoms with Gasteiger partial charge in [-0.15, -0.1) is 6.42 Å². The van der Waals surface area contributed by atoms with Crippen molar-refractivity contribution in [3.63, 3.8) is 0 Å². The van der Waals surface area contributed by atoms with Gasteiger partial charge in [0.2, 0.25) is 0 Å². The van der Waals surface area contributed by atoms with Crippen LogP contribution in [0.5, 0.6) is 6.01 Å². The van der Waals surface area contributed by atoms with Gasteiger partial charge in [0.05, 0.1) is 35.9 Å². The van der Waals surface area contributed by atoms with Crippen LogP contribution in [0.1, 0.15) is 57.2 Å². The molecule has 45 heavy (non-hydrogen) atoms. The number of rotatable bonds is 9. The number of nitrogens with zero attached hydrogens (tertiary/aromatic N) is 5. The number of fused-ring (bicyclic) bond motifs is 3. The maximum Gasteiger partial charge on any atom is 0.319 e. The van der Waals surface area contributed by atoms with Crippen molar-refractivity contribution in [2.75, 3.05) is 50.9 Å². The summed E-state index contributed by atoms with van der Waals surface area (Å²) in [7, 11) is 0. The minimum atomic E-state index is -0.590. The largest absolute Gasteiger partial charge is 0.463 e. The SMILES string of the molecule is C#Cc1c(F)ccc2cccc(-c3nc4c5c(nc(OCC6(CN(CC)CCC)CC6)nc5c3F)N3CCCOCC3CC4)c12. The van der Waals surface area contributed by atoms with Crippen molar-refractivity contribution in [3.8, 4) is 29.6 Å². The van der Waals surface area contributed by atoms with E-state index in [1.54, 1.807) is 12.1 Å². The van der Waals surface area contributed by atoms with Crippen LogP contribution in [0.3, 0.4) is 0 Å². The standard InChI is InChI=1S/C36H39F2N5O2/c1-4-17-42(6-3)21-36(15-16-36)22-45-35-40-33-30-28(14-12-24-20-44-19-8-18-43(24)34(30)41-35)39-32(31(33)38)26-10-7-9-23-11-13-27(37)25(5-2)29(23)26/h2,7,9-11,13,24H,4,6,8,12,14-22H2,1,3H3. The summed E-state index contributed by atoms with van der Waals surface area (Å²) in [5, 5.41) is 1.78. The molecule has 9 heteroatoms. The average molecular weight is 612 g/mol. The Morgan fingerprint density at radius 3 is 2.78 bits per heavy atom. The topological polar surface area (TPSA) is 63.6 Å². The molecule has 0 spiro atoms. The van der Waals surface area contributed by atoms with E-state index in [1.165, 1.54) is 6.07 Å². The molecule has 2 aromatic heterocycles. The number of pyridine rings is 1. The molecule has 1 saturated carbocycles. The highest BCUT2D eigenvalue weighted by molar-refractivity contribution is 6.02. The van der Waals surface area contributed by atoms with Gasteiger partial charge in [-0.05, 0) is 63.1 Å². The van der Waals surface area contributed by atoms with Crippen LogP contribution in [-0.2, 0) is 11.2 Å². The first-order chi connectivity index (χ1) is 21.9. The second-order valence-electron chi connectivity index (χ2n) is 12.7. The Bertz CT molecular complexity index is 1800. The molecule has 1 atom stereocenters. The first-order valence-electron chi connectivity index (χ1n) is 16.2. The molecule has 2 aromatic carbocycles. The number of anilines is 1. The summed E-state index contributed by atoms with van der Waals surface area (Å²) < 4.78 is 44.2. The Hall–Kier alpha value is -3.87. The normalized spacial score (nSPS) is 18.8. The lowest BCUT2D eigenvalue weighted by atomic mass is 9.95. The Labute approximate surface area is 263 Å². The lowest BCUT2D eigenvalue weighted by molar-refractivity contribution is 0.132. The number of ether oxygens (including phenoxy) is 2. The molecule has 2 fully saturated rings. The summed E-state index contributed by atoms with van der Waals surface area (Å²) in [6.45, 7) is 9.85. The fraction of sp³-hybridized carbons (Fsp3) is 0.472. The molecule has 234 valence electrons. The Morgan fingerprint density at radius 1 is 1.13 bits per heavy atom. The molecule has 0 N–H and O–H groups in total. The van der Waals surface area contributed by atoms with E-state index in [2.05, 4.69) is 29.6 Å². The monoisotopic (exact) mass is 611 g/mol. The smallest absolute Gasteiger partial charge is 0.319 e. The van der Waals surface area contributed by atoms with Crippen LogP contribution < -0.4 is 9.64 Å². The predicted molar refractivity (Wildman–Crippen MR) is 173 cm³/mol. The number of aryl methyl sites for hydroxylation is 1. The highest BCUT2D eigenvalue weighted by atomic mass is 19.1. The van der Waals surface area contributed by atoms with E-state index in [4.69, 9.17) is 30.8 Å². The summed E-state index contributed by atoms with van der Waals surface area (Å²) in [4.78, 5) is 19.3. The van der Waals surface area contributed by atoms with Gasteiger partial charge >= 0.3 is 6.01 Å². The molecule has 4 aromatic rings. The van der Waals surface area contributed by atoms with Gasteiger partial charge < -0.3 is 19.3 Å². The molecule has 0 amide bonds. The average Bonchev–Trinajstić information content (AvgIpc) is 3.87. The molecule has 4 heterocycles. The number of halogens is 2. The fourth-order valence-corrected chi connectivity index (χ4v) is 7.06. The summed E-state index contributed by atoms with van der Waals surface area (Å²) in [5.41, 5.74) is 1.57. The Morgan fingerprint density at radius 2 is 2.00 bits per heavy atom. The van der Waals surface area contributed by atoms with E-state index in [9.17, 15) is 4.39 Å². The predicted octanol–water partition coefficient (Wildman–Crippen LogP) is 6.54. The van der Waals surface area contributed by atoms with E-state index in [-0.39, 0.29) is 34.2 Å². The zero-order valence-electron chi connectivity index (χ0n) is 26.0. The lowest BCUT2D eigenvalue weighted by Crippen LogP contribution is -2.38. The third kappa shape index (κ3) is 5.49. The second kappa shape index (κ2) is 12.1. The third-order valence-corrected chi connectivity index (χ3v) is 9.65. The van der Waals surface area contributed by atoms with Crippen LogP contribution in [0.25, 0.3) is 32.9 Å². The van der Waals surface area contributed by atoms with Gasteiger partial charge in [-0.3, -0.25) is 0 Å². The molecule has 0 radical (unpaired) electrons. The van der Waals surface area contributed by atoms with Gasteiger partial charge in [0.15, 0.2) is 5.82 Å². The molecule has 1 unspecified atom stereocenters. The van der Waals surface area contributed by atoms with E-state index < -0.39 is 11.6 Å². The Kier molecular flexibility index (Phi) is 8.05. The van der Waals surface area contributed by atoms with Gasteiger partial charge in [-0.1, -0.05) is 44.0 Å². The van der Waals surface area contributed by atoms with Gasteiger partial charge in [0, 0.05) is 36.1 Å². The first-order valence-corrected chi connectivity index (χ1v) is 16.2. The van der Waals surface area contributed by atoms with E-state index in [1.807, 2.05) is 12.1 Å². The summed E-state index contributed by atoms with van der Waals surface area (Å²) in [5.74, 6) is 2.01. The van der Waals surface area contributed by atoms with Gasteiger partial charge in [0.1, 0.15) is 22.8 Å². The molecule has 1 aliphatic carbocycles. The fourth-order valence-electron chi connectivity index (χ4n) is 7.06. The van der Waals surface area contributed by atoms with Gasteiger partial charge in [-0.25, -0.2) is 13.8 Å². The van der Waals surface area contributed by atoms with Crippen LogP contribution in [0.2, 0.25) is 0 Å². The summed E-state index contributed by atoms with van der Waals surface area (Å²) in [6, 6.07) is 8.64. The molecule has 3 aliphatic rings. The summed E-state index contributed by atoms with van der Waals surface area (Å²) >= 11 is 0. The summed E-state index contributed by atoms with van der Waals surface area (Å²) in [6.07, 6.45) is 11.2. The molecular formula is C36H39F2N5O2. The molecular weight excluding hydrogens is 572 g/mol. The number of terminal acetylenes is 1. The van der Waals surface area contributed by atoms with Crippen LogP contribution in [0, 0.1) is 29.4 Å². The van der Waals surface area contributed by atoms with Crippen molar-refractivity contribution in [3.05, 3.63) is 53.2 Å². The van der Waals surface area contributed by atoms with Crippen LogP contribution in [0.4, 0.5) is 14.6 Å². The van der Waals surface area contributed by atoms with Crippen molar-refractivity contribution in [1.82, 2.24) is 19.9 Å². The highest BCUT2D eigenvalue weighted by Gasteiger charge is 2.45. The van der Waals surface area contributed by atoms with Gasteiger partial charge in [-0.2, -0.15) is 9.97 Å². The van der Waals surface area contributed by atoms with Crippen molar-refractivity contribution in [2.45, 2.75) is 58.4 Å². The highest BCUT2D eigenvalue weighted by Crippen LogP contribution is 2.47. The molecule has 2 aliphatic heterocycles. The van der Waals surface area contributed by atoms with Crippen LogP contribution >= 0.6 is 0 Å².